The van der Waals surface area contributed by atoms with E-state index in [4.69, 9.17) is 9.47 Å². The number of benzene rings is 2. The van der Waals surface area contributed by atoms with Crippen LogP contribution in [0, 0.1) is 0 Å². The van der Waals surface area contributed by atoms with Crippen LogP contribution in [0.15, 0.2) is 53.0 Å². The SMILES string of the molecule is COc1cc(Br)c(/C=C/c2ccc3ccccc3n2)cc1OC. The van der Waals surface area contributed by atoms with Gasteiger partial charge in [-0.15, -0.1) is 0 Å². The number of rotatable bonds is 4. The van der Waals surface area contributed by atoms with Crippen LogP contribution in [0.3, 0.4) is 0 Å². The molecule has 0 radical (unpaired) electrons. The Hall–Kier alpha value is -2.33. The Morgan fingerprint density at radius 3 is 2.43 bits per heavy atom. The van der Waals surface area contributed by atoms with Crippen molar-refractivity contribution in [3.8, 4) is 11.5 Å². The summed E-state index contributed by atoms with van der Waals surface area (Å²) in [5, 5.41) is 1.14. The van der Waals surface area contributed by atoms with Gasteiger partial charge in [0.2, 0.25) is 0 Å². The van der Waals surface area contributed by atoms with Crippen molar-refractivity contribution in [2.24, 2.45) is 0 Å². The molecule has 0 aliphatic carbocycles. The van der Waals surface area contributed by atoms with Gasteiger partial charge in [0.15, 0.2) is 11.5 Å². The maximum absolute atomic E-state index is 5.35. The minimum Gasteiger partial charge on any atom is -0.493 e. The maximum Gasteiger partial charge on any atom is 0.161 e. The van der Waals surface area contributed by atoms with Crippen LogP contribution in [0.4, 0.5) is 0 Å². The van der Waals surface area contributed by atoms with E-state index in [1.807, 2.05) is 48.6 Å². The minimum atomic E-state index is 0.695. The lowest BCUT2D eigenvalue weighted by atomic mass is 10.1. The van der Waals surface area contributed by atoms with Crippen molar-refractivity contribution in [3.63, 3.8) is 0 Å². The molecule has 3 rings (SSSR count). The summed E-state index contributed by atoms with van der Waals surface area (Å²) in [5.74, 6) is 1.39. The van der Waals surface area contributed by atoms with E-state index in [0.29, 0.717) is 11.5 Å². The Kier molecular flexibility index (Phi) is 4.63. The quantitative estimate of drug-likeness (QED) is 0.634. The molecular weight excluding hydrogens is 354 g/mol. The first-order valence-corrected chi connectivity index (χ1v) is 7.96. The molecule has 4 heteroatoms. The van der Waals surface area contributed by atoms with E-state index >= 15 is 0 Å². The van der Waals surface area contributed by atoms with Crippen LogP contribution in [0.2, 0.25) is 0 Å². The summed E-state index contributed by atoms with van der Waals surface area (Å²) in [7, 11) is 3.25. The fraction of sp³-hybridized carbons (Fsp3) is 0.105. The average molecular weight is 370 g/mol. The molecule has 23 heavy (non-hydrogen) atoms. The van der Waals surface area contributed by atoms with Crippen molar-refractivity contribution in [2.75, 3.05) is 14.2 Å². The molecule has 0 bridgehead atoms. The fourth-order valence-electron chi connectivity index (χ4n) is 2.35. The zero-order valence-electron chi connectivity index (χ0n) is 12.9. The van der Waals surface area contributed by atoms with Gasteiger partial charge in [0.25, 0.3) is 0 Å². The van der Waals surface area contributed by atoms with E-state index in [2.05, 4.69) is 33.0 Å². The summed E-state index contributed by atoms with van der Waals surface area (Å²) in [6, 6.07) is 16.0. The number of fused-ring (bicyclic) bond motifs is 1. The third kappa shape index (κ3) is 3.37. The highest BCUT2D eigenvalue weighted by Crippen LogP contribution is 2.34. The van der Waals surface area contributed by atoms with Crippen molar-refractivity contribution in [1.82, 2.24) is 4.98 Å². The topological polar surface area (TPSA) is 31.4 Å². The van der Waals surface area contributed by atoms with Gasteiger partial charge in [0.1, 0.15) is 0 Å². The number of methoxy groups -OCH3 is 2. The number of ether oxygens (including phenoxy) is 2. The minimum absolute atomic E-state index is 0.695. The molecule has 0 saturated carbocycles. The number of hydrogen-bond acceptors (Lipinski definition) is 3. The van der Waals surface area contributed by atoms with Crippen LogP contribution < -0.4 is 9.47 Å². The third-order valence-electron chi connectivity index (χ3n) is 3.56. The molecule has 0 aliphatic rings. The van der Waals surface area contributed by atoms with Gasteiger partial charge in [0.05, 0.1) is 25.4 Å². The first kappa shape index (κ1) is 15.6. The number of halogens is 1. The summed E-state index contributed by atoms with van der Waals surface area (Å²) < 4.78 is 11.6. The van der Waals surface area contributed by atoms with Crippen molar-refractivity contribution in [1.29, 1.82) is 0 Å². The molecule has 0 aliphatic heterocycles. The molecule has 0 fully saturated rings. The molecule has 1 aromatic heterocycles. The lowest BCUT2D eigenvalue weighted by molar-refractivity contribution is 0.354. The molecular formula is C19H16BrNO2. The third-order valence-corrected chi connectivity index (χ3v) is 4.24. The molecule has 0 atom stereocenters. The van der Waals surface area contributed by atoms with E-state index in [0.717, 1.165) is 26.6 Å². The highest BCUT2D eigenvalue weighted by atomic mass is 79.9. The second-order valence-corrected chi connectivity index (χ2v) is 5.85. The van der Waals surface area contributed by atoms with Gasteiger partial charge in [-0.2, -0.15) is 0 Å². The number of hydrogen-bond donors (Lipinski definition) is 0. The van der Waals surface area contributed by atoms with Crippen LogP contribution in [-0.4, -0.2) is 19.2 Å². The zero-order valence-corrected chi connectivity index (χ0v) is 14.5. The first-order valence-electron chi connectivity index (χ1n) is 7.16. The summed E-state index contributed by atoms with van der Waals surface area (Å²) in [6.07, 6.45) is 3.99. The van der Waals surface area contributed by atoms with Crippen molar-refractivity contribution >= 4 is 39.0 Å². The number of aromatic nitrogens is 1. The number of pyridine rings is 1. The summed E-state index contributed by atoms with van der Waals surface area (Å²) in [6.45, 7) is 0. The molecule has 0 saturated heterocycles. The molecule has 3 aromatic rings. The Balaban J connectivity index is 1.94. The molecule has 0 spiro atoms. The molecule has 2 aromatic carbocycles. The maximum atomic E-state index is 5.35. The Morgan fingerprint density at radius 2 is 1.65 bits per heavy atom. The monoisotopic (exact) mass is 369 g/mol. The summed E-state index contributed by atoms with van der Waals surface area (Å²) in [5.41, 5.74) is 2.89. The number of nitrogens with zero attached hydrogens (tertiary/aromatic N) is 1. The number of para-hydroxylation sites is 1. The van der Waals surface area contributed by atoms with E-state index in [1.165, 1.54) is 0 Å². The Labute approximate surface area is 143 Å². The molecule has 116 valence electrons. The first-order chi connectivity index (χ1) is 11.2. The van der Waals surface area contributed by atoms with Gasteiger partial charge in [-0.3, -0.25) is 0 Å². The van der Waals surface area contributed by atoms with Crippen molar-refractivity contribution in [2.45, 2.75) is 0 Å². The van der Waals surface area contributed by atoms with Gasteiger partial charge in [-0.25, -0.2) is 4.98 Å². The highest BCUT2D eigenvalue weighted by molar-refractivity contribution is 9.10. The zero-order chi connectivity index (χ0) is 16.2. The summed E-state index contributed by atoms with van der Waals surface area (Å²) in [4.78, 5) is 4.64. The molecule has 3 nitrogen and oxygen atoms in total. The largest absolute Gasteiger partial charge is 0.493 e. The van der Waals surface area contributed by atoms with Gasteiger partial charge in [-0.05, 0) is 35.9 Å². The van der Waals surface area contributed by atoms with Crippen molar-refractivity contribution in [3.05, 3.63) is 64.3 Å². The van der Waals surface area contributed by atoms with Gasteiger partial charge in [-0.1, -0.05) is 46.3 Å². The predicted molar refractivity (Wildman–Crippen MR) is 97.9 cm³/mol. The van der Waals surface area contributed by atoms with Gasteiger partial charge < -0.3 is 9.47 Å². The van der Waals surface area contributed by atoms with Crippen LogP contribution in [0.1, 0.15) is 11.3 Å². The smallest absolute Gasteiger partial charge is 0.161 e. The normalized spacial score (nSPS) is 11.1. The van der Waals surface area contributed by atoms with Crippen molar-refractivity contribution < 1.29 is 9.47 Å². The Bertz CT molecular complexity index is 874. The molecule has 0 unspecified atom stereocenters. The lowest BCUT2D eigenvalue weighted by Gasteiger charge is -2.09. The van der Waals surface area contributed by atoms with Crippen LogP contribution >= 0.6 is 15.9 Å². The molecule has 1 heterocycles. The van der Waals surface area contributed by atoms with E-state index in [9.17, 15) is 0 Å². The Morgan fingerprint density at radius 1 is 0.913 bits per heavy atom. The standard InChI is InChI=1S/C19H16BrNO2/c1-22-18-11-14(16(20)12-19(18)23-2)8-10-15-9-7-13-5-3-4-6-17(13)21-15/h3-12H,1-2H3/b10-8+. The van der Waals surface area contributed by atoms with Gasteiger partial charge >= 0.3 is 0 Å². The predicted octanol–water partition coefficient (Wildman–Crippen LogP) is 5.18. The van der Waals surface area contributed by atoms with Crippen LogP contribution in [0.5, 0.6) is 11.5 Å². The second-order valence-electron chi connectivity index (χ2n) is 4.99. The molecule has 0 amide bonds. The highest BCUT2D eigenvalue weighted by Gasteiger charge is 2.07. The lowest BCUT2D eigenvalue weighted by Crippen LogP contribution is -1.91. The summed E-state index contributed by atoms with van der Waals surface area (Å²) >= 11 is 3.56. The van der Waals surface area contributed by atoms with Crippen LogP contribution in [0.25, 0.3) is 23.1 Å². The van der Waals surface area contributed by atoms with Gasteiger partial charge in [0, 0.05) is 9.86 Å². The van der Waals surface area contributed by atoms with E-state index in [1.54, 1.807) is 14.2 Å². The van der Waals surface area contributed by atoms with E-state index in [-0.39, 0.29) is 0 Å². The van der Waals surface area contributed by atoms with Crippen LogP contribution in [-0.2, 0) is 0 Å². The van der Waals surface area contributed by atoms with E-state index < -0.39 is 0 Å². The average Bonchev–Trinajstić information content (AvgIpc) is 2.60. The fourth-order valence-corrected chi connectivity index (χ4v) is 2.80. The second kappa shape index (κ2) is 6.84. The molecule has 0 N–H and O–H groups in total.